The van der Waals surface area contributed by atoms with Gasteiger partial charge in [-0.1, -0.05) is 18.5 Å². The summed E-state index contributed by atoms with van der Waals surface area (Å²) >= 11 is 5.96. The summed E-state index contributed by atoms with van der Waals surface area (Å²) in [5.41, 5.74) is 0.665. The third-order valence-electron chi connectivity index (χ3n) is 3.30. The van der Waals surface area contributed by atoms with Gasteiger partial charge < -0.3 is 20.1 Å². The minimum absolute atomic E-state index is 0.0576. The molecule has 5 nitrogen and oxygen atoms in total. The SMILES string of the molecule is CCNC1COCC1C(=O)Nc1ccc(Cl)c(OC)c1. The fourth-order valence-corrected chi connectivity index (χ4v) is 2.44. The van der Waals surface area contributed by atoms with Gasteiger partial charge in [-0.2, -0.15) is 0 Å². The molecular weight excluding hydrogens is 280 g/mol. The number of hydrogen-bond donors (Lipinski definition) is 2. The van der Waals surface area contributed by atoms with Crippen molar-refractivity contribution in [2.75, 3.05) is 32.2 Å². The zero-order valence-electron chi connectivity index (χ0n) is 11.6. The number of rotatable bonds is 5. The Kier molecular flexibility index (Phi) is 5.23. The first-order valence-electron chi connectivity index (χ1n) is 6.61. The van der Waals surface area contributed by atoms with Crippen LogP contribution in [0.25, 0.3) is 0 Å². The van der Waals surface area contributed by atoms with E-state index in [4.69, 9.17) is 21.1 Å². The van der Waals surface area contributed by atoms with Crippen molar-refractivity contribution in [1.82, 2.24) is 5.32 Å². The standard InChI is InChI=1S/C14H19ClN2O3/c1-3-16-12-8-20-7-10(12)14(18)17-9-4-5-11(15)13(6-9)19-2/h4-6,10,12,16H,3,7-8H2,1-2H3,(H,17,18). The molecule has 0 saturated carbocycles. The predicted molar refractivity (Wildman–Crippen MR) is 78.4 cm³/mol. The number of methoxy groups -OCH3 is 1. The van der Waals surface area contributed by atoms with E-state index in [0.29, 0.717) is 29.7 Å². The summed E-state index contributed by atoms with van der Waals surface area (Å²) in [6.45, 7) is 3.83. The summed E-state index contributed by atoms with van der Waals surface area (Å²) in [5.74, 6) is 0.296. The molecule has 2 rings (SSSR count). The maximum atomic E-state index is 12.3. The molecule has 2 unspecified atom stereocenters. The van der Waals surface area contributed by atoms with Gasteiger partial charge >= 0.3 is 0 Å². The molecular formula is C14H19ClN2O3. The second-order valence-electron chi connectivity index (χ2n) is 4.65. The first kappa shape index (κ1) is 15.1. The van der Waals surface area contributed by atoms with E-state index in [9.17, 15) is 4.79 Å². The van der Waals surface area contributed by atoms with Crippen molar-refractivity contribution in [2.24, 2.45) is 5.92 Å². The zero-order valence-corrected chi connectivity index (χ0v) is 12.4. The lowest BCUT2D eigenvalue weighted by atomic mass is 10.0. The van der Waals surface area contributed by atoms with Crippen LogP contribution in [-0.4, -0.2) is 38.8 Å². The summed E-state index contributed by atoms with van der Waals surface area (Å²) in [7, 11) is 1.54. The van der Waals surface area contributed by atoms with Gasteiger partial charge in [0, 0.05) is 17.8 Å². The Morgan fingerprint density at radius 1 is 1.50 bits per heavy atom. The van der Waals surface area contributed by atoms with Crippen molar-refractivity contribution in [3.8, 4) is 5.75 Å². The van der Waals surface area contributed by atoms with E-state index in [1.54, 1.807) is 25.3 Å². The van der Waals surface area contributed by atoms with Gasteiger partial charge in [0.1, 0.15) is 5.75 Å². The first-order valence-corrected chi connectivity index (χ1v) is 6.99. The molecule has 1 fully saturated rings. The van der Waals surface area contributed by atoms with Crippen LogP contribution in [0.5, 0.6) is 5.75 Å². The van der Waals surface area contributed by atoms with Crippen LogP contribution >= 0.6 is 11.6 Å². The number of amides is 1. The number of carbonyl (C=O) groups is 1. The van der Waals surface area contributed by atoms with Crippen LogP contribution in [0.3, 0.4) is 0 Å². The molecule has 1 aliphatic heterocycles. The second-order valence-corrected chi connectivity index (χ2v) is 5.05. The average Bonchev–Trinajstić information content (AvgIpc) is 2.89. The van der Waals surface area contributed by atoms with Crippen molar-refractivity contribution in [3.05, 3.63) is 23.2 Å². The van der Waals surface area contributed by atoms with E-state index >= 15 is 0 Å². The molecule has 1 aromatic rings. The van der Waals surface area contributed by atoms with E-state index in [2.05, 4.69) is 10.6 Å². The highest BCUT2D eigenvalue weighted by molar-refractivity contribution is 6.32. The van der Waals surface area contributed by atoms with Crippen molar-refractivity contribution in [3.63, 3.8) is 0 Å². The summed E-state index contributed by atoms with van der Waals surface area (Å²) < 4.78 is 10.5. The lowest BCUT2D eigenvalue weighted by Gasteiger charge is -2.18. The van der Waals surface area contributed by atoms with E-state index in [1.165, 1.54) is 0 Å². The monoisotopic (exact) mass is 298 g/mol. The Morgan fingerprint density at radius 3 is 3.00 bits per heavy atom. The number of anilines is 1. The summed E-state index contributed by atoms with van der Waals surface area (Å²) in [6.07, 6.45) is 0. The van der Waals surface area contributed by atoms with Crippen LogP contribution in [0.2, 0.25) is 5.02 Å². The number of hydrogen-bond acceptors (Lipinski definition) is 4. The fraction of sp³-hybridized carbons (Fsp3) is 0.500. The van der Waals surface area contributed by atoms with Crippen LogP contribution in [0.1, 0.15) is 6.92 Å². The highest BCUT2D eigenvalue weighted by Crippen LogP contribution is 2.28. The zero-order chi connectivity index (χ0) is 14.5. The van der Waals surface area contributed by atoms with Gasteiger partial charge in [0.05, 0.1) is 31.3 Å². The molecule has 0 bridgehead atoms. The Morgan fingerprint density at radius 2 is 2.30 bits per heavy atom. The normalized spacial score (nSPS) is 21.8. The average molecular weight is 299 g/mol. The number of nitrogens with one attached hydrogen (secondary N) is 2. The molecule has 1 amide bonds. The van der Waals surface area contributed by atoms with Gasteiger partial charge in [0.15, 0.2) is 0 Å². The second kappa shape index (κ2) is 6.92. The summed E-state index contributed by atoms with van der Waals surface area (Å²) in [5, 5.41) is 6.65. The fourth-order valence-electron chi connectivity index (χ4n) is 2.25. The van der Waals surface area contributed by atoms with Crippen molar-refractivity contribution < 1.29 is 14.3 Å². The molecule has 1 aromatic carbocycles. The van der Waals surface area contributed by atoms with Crippen molar-refractivity contribution in [1.29, 1.82) is 0 Å². The third kappa shape index (κ3) is 3.42. The van der Waals surface area contributed by atoms with Crippen LogP contribution in [0.15, 0.2) is 18.2 Å². The molecule has 2 N–H and O–H groups in total. The largest absolute Gasteiger partial charge is 0.495 e. The molecule has 1 saturated heterocycles. The Labute approximate surface area is 123 Å². The van der Waals surface area contributed by atoms with Crippen LogP contribution in [0.4, 0.5) is 5.69 Å². The van der Waals surface area contributed by atoms with Crippen molar-refractivity contribution >= 4 is 23.2 Å². The lowest BCUT2D eigenvalue weighted by Crippen LogP contribution is -2.41. The molecule has 0 radical (unpaired) electrons. The third-order valence-corrected chi connectivity index (χ3v) is 3.61. The maximum absolute atomic E-state index is 12.3. The minimum atomic E-state index is -0.184. The Hall–Kier alpha value is -1.30. The predicted octanol–water partition coefficient (Wildman–Crippen LogP) is 1.91. The van der Waals surface area contributed by atoms with Gasteiger partial charge in [0.2, 0.25) is 5.91 Å². The van der Waals surface area contributed by atoms with Gasteiger partial charge in [0.25, 0.3) is 0 Å². The topological polar surface area (TPSA) is 59.6 Å². The van der Waals surface area contributed by atoms with Gasteiger partial charge in [-0.05, 0) is 18.7 Å². The smallest absolute Gasteiger partial charge is 0.231 e. The minimum Gasteiger partial charge on any atom is -0.495 e. The molecule has 0 aliphatic carbocycles. The number of likely N-dealkylation sites (N-methyl/N-ethyl adjacent to an activating group) is 1. The highest BCUT2D eigenvalue weighted by atomic mass is 35.5. The Bertz CT molecular complexity index is 481. The molecule has 2 atom stereocenters. The molecule has 1 aliphatic rings. The van der Waals surface area contributed by atoms with Gasteiger partial charge in [-0.3, -0.25) is 4.79 Å². The van der Waals surface area contributed by atoms with E-state index in [1.807, 2.05) is 6.92 Å². The van der Waals surface area contributed by atoms with Gasteiger partial charge in [-0.15, -0.1) is 0 Å². The van der Waals surface area contributed by atoms with Crippen molar-refractivity contribution in [2.45, 2.75) is 13.0 Å². The number of ether oxygens (including phenoxy) is 2. The first-order chi connectivity index (χ1) is 9.65. The number of carbonyl (C=O) groups excluding carboxylic acids is 1. The number of halogens is 1. The molecule has 6 heteroatoms. The van der Waals surface area contributed by atoms with Crippen LogP contribution in [-0.2, 0) is 9.53 Å². The summed E-state index contributed by atoms with van der Waals surface area (Å²) in [4.78, 5) is 12.3. The molecule has 0 spiro atoms. The van der Waals surface area contributed by atoms with E-state index in [-0.39, 0.29) is 17.9 Å². The lowest BCUT2D eigenvalue weighted by molar-refractivity contribution is -0.120. The highest BCUT2D eigenvalue weighted by Gasteiger charge is 2.33. The van der Waals surface area contributed by atoms with Crippen LogP contribution < -0.4 is 15.4 Å². The molecule has 20 heavy (non-hydrogen) atoms. The molecule has 1 heterocycles. The Balaban J connectivity index is 2.04. The van der Waals surface area contributed by atoms with Gasteiger partial charge in [-0.25, -0.2) is 0 Å². The summed E-state index contributed by atoms with van der Waals surface area (Å²) in [6, 6.07) is 5.22. The maximum Gasteiger partial charge on any atom is 0.231 e. The molecule has 0 aromatic heterocycles. The number of benzene rings is 1. The van der Waals surface area contributed by atoms with Crippen LogP contribution in [0, 0.1) is 5.92 Å². The van der Waals surface area contributed by atoms with E-state index < -0.39 is 0 Å². The molecule has 110 valence electrons. The quantitative estimate of drug-likeness (QED) is 0.872. The van der Waals surface area contributed by atoms with E-state index in [0.717, 1.165) is 6.54 Å².